The van der Waals surface area contributed by atoms with Crippen LogP contribution in [-0.2, 0) is 6.54 Å². The SMILES string of the molecule is NCc1cc2cc(Cl)ccc2cc1O. The van der Waals surface area contributed by atoms with Crippen LogP contribution in [-0.4, -0.2) is 5.11 Å². The van der Waals surface area contributed by atoms with E-state index in [0.29, 0.717) is 11.6 Å². The van der Waals surface area contributed by atoms with E-state index in [4.69, 9.17) is 17.3 Å². The smallest absolute Gasteiger partial charge is 0.120 e. The molecule has 0 saturated heterocycles. The fourth-order valence-corrected chi connectivity index (χ4v) is 1.65. The van der Waals surface area contributed by atoms with Crippen LogP contribution in [0.1, 0.15) is 5.56 Å². The molecule has 0 saturated carbocycles. The lowest BCUT2D eigenvalue weighted by molar-refractivity contribution is 0.469. The molecule has 0 unspecified atom stereocenters. The van der Waals surface area contributed by atoms with Gasteiger partial charge in [0.05, 0.1) is 0 Å². The van der Waals surface area contributed by atoms with Crippen molar-refractivity contribution >= 4 is 22.4 Å². The molecule has 2 aromatic carbocycles. The van der Waals surface area contributed by atoms with Gasteiger partial charge in [-0.3, -0.25) is 0 Å². The Labute approximate surface area is 86.9 Å². The number of hydrogen-bond donors (Lipinski definition) is 2. The highest BCUT2D eigenvalue weighted by atomic mass is 35.5. The van der Waals surface area contributed by atoms with Crippen LogP contribution in [0.3, 0.4) is 0 Å². The van der Waals surface area contributed by atoms with Gasteiger partial charge in [-0.15, -0.1) is 0 Å². The molecule has 72 valence electrons. The monoisotopic (exact) mass is 207 g/mol. The number of nitrogens with two attached hydrogens (primary N) is 1. The van der Waals surface area contributed by atoms with Crippen LogP contribution in [0, 0.1) is 0 Å². The van der Waals surface area contributed by atoms with Crippen molar-refractivity contribution in [2.75, 3.05) is 0 Å². The minimum absolute atomic E-state index is 0.238. The van der Waals surface area contributed by atoms with Gasteiger partial charge in [0.1, 0.15) is 5.75 Å². The van der Waals surface area contributed by atoms with E-state index in [2.05, 4.69) is 0 Å². The van der Waals surface area contributed by atoms with Crippen molar-refractivity contribution in [3.8, 4) is 5.75 Å². The van der Waals surface area contributed by atoms with Crippen LogP contribution in [0.2, 0.25) is 5.02 Å². The second-order valence-corrected chi connectivity index (χ2v) is 3.61. The Morgan fingerprint density at radius 1 is 1.14 bits per heavy atom. The minimum atomic E-state index is 0.238. The number of rotatable bonds is 1. The summed E-state index contributed by atoms with van der Waals surface area (Å²) in [6, 6.07) is 9.09. The maximum absolute atomic E-state index is 9.56. The highest BCUT2D eigenvalue weighted by Crippen LogP contribution is 2.26. The zero-order chi connectivity index (χ0) is 10.1. The molecule has 0 fully saturated rings. The minimum Gasteiger partial charge on any atom is -0.508 e. The van der Waals surface area contributed by atoms with Crippen LogP contribution < -0.4 is 5.73 Å². The van der Waals surface area contributed by atoms with E-state index in [1.54, 1.807) is 12.1 Å². The van der Waals surface area contributed by atoms with Gasteiger partial charge in [-0.1, -0.05) is 17.7 Å². The largest absolute Gasteiger partial charge is 0.508 e. The normalized spacial score (nSPS) is 10.7. The maximum atomic E-state index is 9.56. The van der Waals surface area contributed by atoms with E-state index in [9.17, 15) is 5.11 Å². The number of benzene rings is 2. The van der Waals surface area contributed by atoms with Crippen LogP contribution in [0.25, 0.3) is 10.8 Å². The first-order valence-corrected chi connectivity index (χ1v) is 4.70. The van der Waals surface area contributed by atoms with E-state index in [0.717, 1.165) is 16.3 Å². The highest BCUT2D eigenvalue weighted by Gasteiger charge is 2.02. The van der Waals surface area contributed by atoms with Crippen LogP contribution in [0.15, 0.2) is 30.3 Å². The number of hydrogen-bond acceptors (Lipinski definition) is 2. The molecule has 0 aliphatic carbocycles. The Morgan fingerprint density at radius 3 is 2.64 bits per heavy atom. The molecule has 0 aromatic heterocycles. The molecule has 0 heterocycles. The van der Waals surface area contributed by atoms with Gasteiger partial charge in [-0.2, -0.15) is 0 Å². The summed E-state index contributed by atoms with van der Waals surface area (Å²) in [6.07, 6.45) is 0. The Morgan fingerprint density at radius 2 is 1.93 bits per heavy atom. The summed E-state index contributed by atoms with van der Waals surface area (Å²) in [4.78, 5) is 0. The van der Waals surface area contributed by atoms with Crippen molar-refractivity contribution < 1.29 is 5.11 Å². The molecule has 0 aliphatic heterocycles. The second-order valence-electron chi connectivity index (χ2n) is 3.18. The molecule has 0 aliphatic rings. The molecule has 0 bridgehead atoms. The lowest BCUT2D eigenvalue weighted by atomic mass is 10.1. The summed E-state index contributed by atoms with van der Waals surface area (Å²) in [7, 11) is 0. The van der Waals surface area contributed by atoms with Gasteiger partial charge in [-0.25, -0.2) is 0 Å². The van der Waals surface area contributed by atoms with Crippen molar-refractivity contribution in [2.45, 2.75) is 6.54 Å². The van der Waals surface area contributed by atoms with Gasteiger partial charge >= 0.3 is 0 Å². The van der Waals surface area contributed by atoms with E-state index >= 15 is 0 Å². The average molecular weight is 208 g/mol. The van der Waals surface area contributed by atoms with Crippen LogP contribution >= 0.6 is 11.6 Å². The van der Waals surface area contributed by atoms with Crippen LogP contribution in [0.5, 0.6) is 5.75 Å². The molecule has 0 amide bonds. The van der Waals surface area contributed by atoms with Crippen molar-refractivity contribution in [1.82, 2.24) is 0 Å². The molecule has 2 rings (SSSR count). The summed E-state index contributed by atoms with van der Waals surface area (Å²) >= 11 is 5.86. The maximum Gasteiger partial charge on any atom is 0.120 e. The zero-order valence-corrected chi connectivity index (χ0v) is 8.25. The number of phenols is 1. The van der Waals surface area contributed by atoms with E-state index in [1.165, 1.54) is 0 Å². The summed E-state index contributed by atoms with van der Waals surface area (Å²) in [5.41, 5.74) is 6.22. The van der Waals surface area contributed by atoms with E-state index in [-0.39, 0.29) is 5.75 Å². The standard InChI is InChI=1S/C11H10ClNO/c12-10-2-1-7-5-11(14)9(6-13)3-8(7)4-10/h1-5,14H,6,13H2. The third-order valence-electron chi connectivity index (χ3n) is 2.22. The quantitative estimate of drug-likeness (QED) is 0.755. The highest BCUT2D eigenvalue weighted by molar-refractivity contribution is 6.31. The lowest BCUT2D eigenvalue weighted by Crippen LogP contribution is -1.96. The first-order chi connectivity index (χ1) is 6.70. The summed E-state index contributed by atoms with van der Waals surface area (Å²) in [5, 5.41) is 12.2. The van der Waals surface area contributed by atoms with Gasteiger partial charge in [0.2, 0.25) is 0 Å². The summed E-state index contributed by atoms with van der Waals surface area (Å²) < 4.78 is 0. The third-order valence-corrected chi connectivity index (χ3v) is 2.45. The van der Waals surface area contributed by atoms with Crippen LogP contribution in [0.4, 0.5) is 0 Å². The van der Waals surface area contributed by atoms with Crippen molar-refractivity contribution in [3.05, 3.63) is 40.9 Å². The molecule has 0 atom stereocenters. The summed E-state index contributed by atoms with van der Waals surface area (Å²) in [5.74, 6) is 0.238. The topological polar surface area (TPSA) is 46.2 Å². The Hall–Kier alpha value is -1.25. The number of fused-ring (bicyclic) bond motifs is 1. The predicted octanol–water partition coefficient (Wildman–Crippen LogP) is 2.66. The predicted molar refractivity (Wildman–Crippen MR) is 58.5 cm³/mol. The number of aromatic hydroxyl groups is 1. The zero-order valence-electron chi connectivity index (χ0n) is 7.50. The van der Waals surface area contributed by atoms with Crippen molar-refractivity contribution in [1.29, 1.82) is 0 Å². The van der Waals surface area contributed by atoms with Crippen molar-refractivity contribution in [3.63, 3.8) is 0 Å². The third kappa shape index (κ3) is 1.54. The Kier molecular flexibility index (Phi) is 2.32. The first-order valence-electron chi connectivity index (χ1n) is 4.32. The summed E-state index contributed by atoms with van der Waals surface area (Å²) in [6.45, 7) is 0.328. The van der Waals surface area contributed by atoms with E-state index < -0.39 is 0 Å². The molecule has 3 N–H and O–H groups in total. The molecule has 14 heavy (non-hydrogen) atoms. The Balaban J connectivity index is 2.73. The number of phenolic OH excluding ortho intramolecular Hbond substituents is 1. The average Bonchev–Trinajstić information content (AvgIpc) is 2.17. The molecule has 2 aromatic rings. The molecule has 3 heteroatoms. The first kappa shape index (κ1) is 9.31. The van der Waals surface area contributed by atoms with Gasteiger partial charge < -0.3 is 10.8 Å². The molecular formula is C11H10ClNO. The number of halogens is 1. The van der Waals surface area contributed by atoms with E-state index in [1.807, 2.05) is 18.2 Å². The molecule has 2 nitrogen and oxygen atoms in total. The fourth-order valence-electron chi connectivity index (χ4n) is 1.47. The van der Waals surface area contributed by atoms with Gasteiger partial charge in [0, 0.05) is 17.1 Å². The Bertz CT molecular complexity index is 482. The fraction of sp³-hybridized carbons (Fsp3) is 0.0909. The van der Waals surface area contributed by atoms with Crippen molar-refractivity contribution in [2.24, 2.45) is 5.73 Å². The van der Waals surface area contributed by atoms with Gasteiger partial charge in [0.15, 0.2) is 0 Å². The molecular weight excluding hydrogens is 198 g/mol. The van der Waals surface area contributed by atoms with Gasteiger partial charge in [0.25, 0.3) is 0 Å². The molecule has 0 spiro atoms. The lowest BCUT2D eigenvalue weighted by Gasteiger charge is -2.04. The van der Waals surface area contributed by atoms with Gasteiger partial charge in [-0.05, 0) is 35.0 Å². The second kappa shape index (κ2) is 3.48. The molecule has 0 radical (unpaired) electrons.